The highest BCUT2D eigenvalue weighted by molar-refractivity contribution is 5.69. The van der Waals surface area contributed by atoms with Gasteiger partial charge in [0.1, 0.15) is 54.9 Å². The number of allylic oxidation sites excluding steroid dienone is 8. The molecular formula is C51H90O14. The second-order valence-electron chi connectivity index (χ2n) is 17.6. The topological polar surface area (TPSA) is 214 Å². The van der Waals surface area contributed by atoms with E-state index < -0.39 is 86.7 Å². The lowest BCUT2D eigenvalue weighted by molar-refractivity contribution is -0.332. The maximum absolute atomic E-state index is 13.0. The van der Waals surface area contributed by atoms with E-state index in [4.69, 9.17) is 28.4 Å². The third-order valence-electron chi connectivity index (χ3n) is 11.8. The molecule has 2 heterocycles. The average Bonchev–Trinajstić information content (AvgIpc) is 3.30. The van der Waals surface area contributed by atoms with E-state index in [2.05, 4.69) is 62.5 Å². The lowest BCUT2D eigenvalue weighted by Gasteiger charge is -2.42. The molecular weight excluding hydrogens is 837 g/mol. The first-order valence-corrected chi connectivity index (χ1v) is 25.2. The summed E-state index contributed by atoms with van der Waals surface area (Å²) in [5, 5.41) is 72.1. The molecule has 14 heteroatoms. The number of hydrogen-bond acceptors (Lipinski definition) is 14. The van der Waals surface area contributed by atoms with E-state index >= 15 is 0 Å². The van der Waals surface area contributed by atoms with Gasteiger partial charge in [-0.25, -0.2) is 0 Å². The lowest BCUT2D eigenvalue weighted by Crippen LogP contribution is -2.61. The SMILES string of the molecule is CCC/C=C\C/C=C\CCCCCCCC(=O)OC(COCCCCCCCCCC/C=C\C/C=C\CCCCC)COC1OC(COC2OC(CO)C(O)C(O)C2O)C(O)C(O)C1O. The molecule has 0 aromatic heterocycles. The molecule has 2 saturated heterocycles. The Bertz CT molecular complexity index is 1260. The van der Waals surface area contributed by atoms with E-state index in [1.54, 1.807) is 0 Å². The minimum atomic E-state index is -1.71. The molecule has 2 fully saturated rings. The van der Waals surface area contributed by atoms with Crippen LogP contribution in [-0.2, 0) is 33.2 Å². The molecule has 2 aliphatic rings. The highest BCUT2D eigenvalue weighted by Gasteiger charge is 2.47. The normalized spacial score (nSPS) is 26.9. The number of hydrogen-bond donors (Lipinski definition) is 7. The zero-order chi connectivity index (χ0) is 47.3. The van der Waals surface area contributed by atoms with Gasteiger partial charge in [-0.1, -0.05) is 140 Å². The zero-order valence-corrected chi connectivity index (χ0v) is 40.0. The standard InChI is InChI=1S/C51H90O14/c1-3-5-7-9-11-13-15-17-18-19-20-21-23-25-27-29-31-33-35-60-37-40(63-43(53)34-32-30-28-26-24-22-16-14-12-10-8-6-4-2)38-61-50-49(59)47(57)45(55)42(65-50)39-62-51-48(58)46(56)44(54)41(36-52)64-51/h8,10-11,13-14,16-18,40-42,44-52,54-59H,3-7,9,12,15,19-39H2,1-2H3/b10-8-,13-11-,16-14-,18-17-. The van der Waals surface area contributed by atoms with E-state index in [0.717, 1.165) is 77.0 Å². The van der Waals surface area contributed by atoms with Crippen molar-refractivity contribution >= 4 is 5.97 Å². The van der Waals surface area contributed by atoms with Gasteiger partial charge in [-0.2, -0.15) is 0 Å². The van der Waals surface area contributed by atoms with Crippen LogP contribution >= 0.6 is 0 Å². The van der Waals surface area contributed by atoms with Crippen LogP contribution in [0.15, 0.2) is 48.6 Å². The Hall–Kier alpha value is -2.05. The van der Waals surface area contributed by atoms with Crippen LogP contribution in [0.2, 0.25) is 0 Å². The molecule has 0 spiro atoms. The van der Waals surface area contributed by atoms with E-state index in [0.29, 0.717) is 13.0 Å². The van der Waals surface area contributed by atoms with Crippen LogP contribution in [-0.4, -0.2) is 142 Å². The van der Waals surface area contributed by atoms with Crippen LogP contribution in [0.4, 0.5) is 0 Å². The van der Waals surface area contributed by atoms with E-state index in [1.807, 2.05) is 0 Å². The van der Waals surface area contributed by atoms with Crippen LogP contribution in [0.1, 0.15) is 168 Å². The highest BCUT2D eigenvalue weighted by atomic mass is 16.7. The Kier molecular flexibility index (Phi) is 35.3. The average molecular weight is 927 g/mol. The fraction of sp³-hybridized carbons (Fsp3) is 0.824. The van der Waals surface area contributed by atoms with Crippen LogP contribution in [0.3, 0.4) is 0 Å². The summed E-state index contributed by atoms with van der Waals surface area (Å²) in [6, 6.07) is 0. The predicted octanol–water partition coefficient (Wildman–Crippen LogP) is 7.18. The third kappa shape index (κ3) is 26.9. The van der Waals surface area contributed by atoms with Crippen molar-refractivity contribution in [3.8, 4) is 0 Å². The number of rotatable bonds is 39. The van der Waals surface area contributed by atoms with Gasteiger partial charge in [0.05, 0.1) is 26.4 Å². The number of carbonyl (C=O) groups excluding carboxylic acids is 1. The Labute approximate surface area is 391 Å². The summed E-state index contributed by atoms with van der Waals surface area (Å²) in [5.74, 6) is -0.394. The number of unbranched alkanes of at least 4 members (excludes halogenated alkanes) is 17. The zero-order valence-electron chi connectivity index (χ0n) is 40.0. The Morgan fingerprint density at radius 2 is 0.985 bits per heavy atom. The van der Waals surface area contributed by atoms with Gasteiger partial charge in [-0.05, 0) is 70.6 Å². The van der Waals surface area contributed by atoms with Crippen molar-refractivity contribution in [3.63, 3.8) is 0 Å². The fourth-order valence-corrected chi connectivity index (χ4v) is 7.65. The van der Waals surface area contributed by atoms with Crippen LogP contribution in [0, 0.1) is 0 Å². The Morgan fingerprint density at radius 3 is 1.54 bits per heavy atom. The van der Waals surface area contributed by atoms with Crippen molar-refractivity contribution in [2.45, 2.75) is 235 Å². The van der Waals surface area contributed by atoms with Crippen molar-refractivity contribution in [1.29, 1.82) is 0 Å². The first-order chi connectivity index (χ1) is 31.6. The van der Waals surface area contributed by atoms with Gasteiger partial charge in [0.15, 0.2) is 12.6 Å². The van der Waals surface area contributed by atoms with Crippen LogP contribution in [0.25, 0.3) is 0 Å². The van der Waals surface area contributed by atoms with Crippen molar-refractivity contribution in [2.24, 2.45) is 0 Å². The molecule has 0 amide bonds. The highest BCUT2D eigenvalue weighted by Crippen LogP contribution is 2.26. The van der Waals surface area contributed by atoms with Crippen molar-refractivity contribution in [1.82, 2.24) is 0 Å². The molecule has 7 N–H and O–H groups in total. The lowest BCUT2D eigenvalue weighted by atomic mass is 9.98. The molecule has 11 atom stereocenters. The fourth-order valence-electron chi connectivity index (χ4n) is 7.65. The number of esters is 1. The molecule has 0 radical (unpaired) electrons. The molecule has 2 aliphatic heterocycles. The Morgan fingerprint density at radius 1 is 0.508 bits per heavy atom. The van der Waals surface area contributed by atoms with E-state index in [1.165, 1.54) is 64.2 Å². The number of aliphatic hydroxyl groups is 7. The molecule has 0 aliphatic carbocycles. The minimum Gasteiger partial charge on any atom is -0.457 e. The number of carbonyl (C=O) groups is 1. The summed E-state index contributed by atoms with van der Waals surface area (Å²) in [6.45, 7) is 3.55. The summed E-state index contributed by atoms with van der Waals surface area (Å²) in [6.07, 6.45) is 27.4. The molecule has 0 bridgehead atoms. The summed E-state index contributed by atoms with van der Waals surface area (Å²) in [5.41, 5.74) is 0. The maximum atomic E-state index is 13.0. The van der Waals surface area contributed by atoms with Gasteiger partial charge in [-0.3, -0.25) is 4.79 Å². The van der Waals surface area contributed by atoms with Gasteiger partial charge in [0, 0.05) is 13.0 Å². The smallest absolute Gasteiger partial charge is 0.306 e. The summed E-state index contributed by atoms with van der Waals surface area (Å²) >= 11 is 0. The van der Waals surface area contributed by atoms with Crippen molar-refractivity contribution in [3.05, 3.63) is 48.6 Å². The van der Waals surface area contributed by atoms with E-state index in [-0.39, 0.29) is 19.6 Å². The Balaban J connectivity index is 1.78. The monoisotopic (exact) mass is 927 g/mol. The molecule has 11 unspecified atom stereocenters. The van der Waals surface area contributed by atoms with Gasteiger partial charge in [0.25, 0.3) is 0 Å². The summed E-state index contributed by atoms with van der Waals surface area (Å²) in [7, 11) is 0. The minimum absolute atomic E-state index is 0.0506. The van der Waals surface area contributed by atoms with Crippen molar-refractivity contribution in [2.75, 3.05) is 33.0 Å². The van der Waals surface area contributed by atoms with Gasteiger partial charge < -0.3 is 64.2 Å². The first kappa shape index (κ1) is 59.1. The quantitative estimate of drug-likeness (QED) is 0.0185. The maximum Gasteiger partial charge on any atom is 0.306 e. The van der Waals surface area contributed by atoms with Crippen molar-refractivity contribution < 1.29 is 69.0 Å². The van der Waals surface area contributed by atoms with Crippen LogP contribution < -0.4 is 0 Å². The largest absolute Gasteiger partial charge is 0.457 e. The predicted molar refractivity (Wildman–Crippen MR) is 252 cm³/mol. The van der Waals surface area contributed by atoms with Crippen LogP contribution in [0.5, 0.6) is 0 Å². The molecule has 0 aromatic rings. The molecule has 0 aromatic carbocycles. The molecule has 378 valence electrons. The van der Waals surface area contributed by atoms with Gasteiger partial charge in [0.2, 0.25) is 0 Å². The molecule has 0 saturated carbocycles. The molecule has 2 rings (SSSR count). The molecule has 65 heavy (non-hydrogen) atoms. The third-order valence-corrected chi connectivity index (χ3v) is 11.8. The number of aliphatic hydroxyl groups excluding tert-OH is 7. The first-order valence-electron chi connectivity index (χ1n) is 25.2. The summed E-state index contributed by atoms with van der Waals surface area (Å²) < 4.78 is 34.2. The second kappa shape index (κ2) is 38.9. The summed E-state index contributed by atoms with van der Waals surface area (Å²) in [4.78, 5) is 13.0. The van der Waals surface area contributed by atoms with E-state index in [9.17, 15) is 40.5 Å². The van der Waals surface area contributed by atoms with Gasteiger partial charge >= 0.3 is 5.97 Å². The molecule has 14 nitrogen and oxygen atoms in total. The second-order valence-corrected chi connectivity index (χ2v) is 17.6. The van der Waals surface area contributed by atoms with Gasteiger partial charge in [-0.15, -0.1) is 0 Å². The number of ether oxygens (including phenoxy) is 6.